The van der Waals surface area contributed by atoms with Crippen molar-refractivity contribution < 1.29 is 9.59 Å². The summed E-state index contributed by atoms with van der Waals surface area (Å²) in [7, 11) is 0. The van der Waals surface area contributed by atoms with Gasteiger partial charge in [0.1, 0.15) is 0 Å². The lowest BCUT2D eigenvalue weighted by Crippen LogP contribution is -1.87. The average Bonchev–Trinajstić information content (AvgIpc) is 2.85. The fourth-order valence-electron chi connectivity index (χ4n) is 5.12. The molecule has 0 bridgehead atoms. The molecule has 0 radical (unpaired) electrons. The van der Waals surface area contributed by atoms with Gasteiger partial charge in [-0.25, -0.2) is 0 Å². The van der Waals surface area contributed by atoms with Crippen molar-refractivity contribution in [2.75, 3.05) is 0 Å². The molecule has 0 aliphatic rings. The second-order valence-corrected chi connectivity index (χ2v) is 12.0. The number of hydrogen-bond donors (Lipinski definition) is 0. The summed E-state index contributed by atoms with van der Waals surface area (Å²) in [6.07, 6.45) is 38.9. The fraction of sp³-hybridized carbons (Fsp3) is 0.938. The Bertz CT molecular complexity index is 425. The van der Waals surface area contributed by atoms with Crippen molar-refractivity contribution in [1.82, 2.24) is 0 Å². The van der Waals surface area contributed by atoms with Crippen molar-refractivity contribution in [2.45, 2.75) is 193 Å². The molecule has 0 aliphatic carbocycles. The van der Waals surface area contributed by atoms with Crippen LogP contribution in [0.2, 0.25) is 0 Å². The van der Waals surface area contributed by atoms with Gasteiger partial charge in [0.2, 0.25) is 10.5 Å². The molecule has 4 heteroatoms. The fourth-order valence-corrected chi connectivity index (χ4v) is 5.39. The van der Waals surface area contributed by atoms with Crippen molar-refractivity contribution >= 4 is 33.7 Å². The third-order valence-corrected chi connectivity index (χ3v) is 7.87. The summed E-state index contributed by atoms with van der Waals surface area (Å²) in [5.41, 5.74) is 0. The summed E-state index contributed by atoms with van der Waals surface area (Å²) >= 11 is 10.7. The highest BCUT2D eigenvalue weighted by Gasteiger charge is 1.98. The zero-order valence-corrected chi connectivity index (χ0v) is 25.3. The zero-order chi connectivity index (χ0) is 26.4. The molecule has 0 aromatic heterocycles. The van der Waals surface area contributed by atoms with E-state index in [1.807, 2.05) is 0 Å². The SMILES string of the molecule is O=C(Cl)CCCCCCCCCCCCCCCCCCCCCCCCCCCCCCC(=O)Cl. The summed E-state index contributed by atoms with van der Waals surface area (Å²) < 4.78 is 0. The quantitative estimate of drug-likeness (QED) is 0.0639. The van der Waals surface area contributed by atoms with Crippen LogP contribution in [0.15, 0.2) is 0 Å². The van der Waals surface area contributed by atoms with Crippen LogP contribution in [0.5, 0.6) is 0 Å². The van der Waals surface area contributed by atoms with Gasteiger partial charge in [0.25, 0.3) is 0 Å². The van der Waals surface area contributed by atoms with E-state index in [0.717, 1.165) is 25.7 Å². The summed E-state index contributed by atoms with van der Waals surface area (Å²) in [6, 6.07) is 0. The average molecular weight is 548 g/mol. The number of rotatable bonds is 31. The van der Waals surface area contributed by atoms with Gasteiger partial charge in [0.05, 0.1) is 0 Å². The van der Waals surface area contributed by atoms with E-state index in [0.29, 0.717) is 12.8 Å². The highest BCUT2D eigenvalue weighted by Crippen LogP contribution is 2.16. The molecule has 0 atom stereocenters. The van der Waals surface area contributed by atoms with Gasteiger partial charge in [-0.1, -0.05) is 167 Å². The minimum Gasteiger partial charge on any atom is -0.281 e. The van der Waals surface area contributed by atoms with Crippen molar-refractivity contribution in [3.63, 3.8) is 0 Å². The first-order chi connectivity index (χ1) is 17.6. The molecule has 0 amide bonds. The van der Waals surface area contributed by atoms with E-state index in [1.54, 1.807) is 0 Å². The van der Waals surface area contributed by atoms with Gasteiger partial charge >= 0.3 is 0 Å². The first-order valence-electron chi connectivity index (χ1n) is 16.0. The van der Waals surface area contributed by atoms with Crippen LogP contribution >= 0.6 is 23.2 Å². The Morgan fingerprint density at radius 1 is 0.250 bits per heavy atom. The van der Waals surface area contributed by atoms with Crippen LogP contribution in [0.3, 0.4) is 0 Å². The van der Waals surface area contributed by atoms with Crippen molar-refractivity contribution in [2.24, 2.45) is 0 Å². The molecule has 0 saturated carbocycles. The maximum atomic E-state index is 10.7. The van der Waals surface area contributed by atoms with E-state index >= 15 is 0 Å². The number of halogens is 2. The van der Waals surface area contributed by atoms with Gasteiger partial charge in [-0.05, 0) is 36.0 Å². The predicted molar refractivity (Wildman–Crippen MR) is 160 cm³/mol. The molecular weight excluding hydrogens is 487 g/mol. The van der Waals surface area contributed by atoms with E-state index < -0.39 is 0 Å². The van der Waals surface area contributed by atoms with Gasteiger partial charge in [-0.15, -0.1) is 0 Å². The Morgan fingerprint density at radius 2 is 0.361 bits per heavy atom. The normalized spacial score (nSPS) is 11.3. The lowest BCUT2D eigenvalue weighted by molar-refractivity contribution is -0.112. The van der Waals surface area contributed by atoms with Crippen LogP contribution in [0.1, 0.15) is 193 Å². The highest BCUT2D eigenvalue weighted by atomic mass is 35.5. The van der Waals surface area contributed by atoms with Gasteiger partial charge in [-0.3, -0.25) is 9.59 Å². The molecule has 0 aromatic rings. The standard InChI is InChI=1S/C32H60Cl2O2/c33-31(35)29-27-25-23-21-19-17-15-13-11-9-7-5-3-1-2-4-6-8-10-12-14-16-18-20-22-24-26-28-30-32(34)36/h1-30H2. The first-order valence-corrected chi connectivity index (χ1v) is 16.7. The number of carbonyl (C=O) groups is 2. The minimum atomic E-state index is -0.183. The maximum Gasteiger partial charge on any atom is 0.221 e. The number of hydrogen-bond acceptors (Lipinski definition) is 2. The van der Waals surface area contributed by atoms with Crippen molar-refractivity contribution in [3.8, 4) is 0 Å². The third-order valence-electron chi connectivity index (χ3n) is 7.50. The Balaban J connectivity index is 3.03. The molecule has 2 nitrogen and oxygen atoms in total. The van der Waals surface area contributed by atoms with Crippen LogP contribution in [-0.4, -0.2) is 10.5 Å². The second kappa shape index (κ2) is 31.1. The largest absolute Gasteiger partial charge is 0.281 e. The second-order valence-electron chi connectivity index (χ2n) is 11.1. The Morgan fingerprint density at radius 3 is 0.472 bits per heavy atom. The highest BCUT2D eigenvalue weighted by molar-refractivity contribution is 6.63. The molecule has 0 N–H and O–H groups in total. The Kier molecular flexibility index (Phi) is 31.1. The molecule has 0 rings (SSSR count). The zero-order valence-electron chi connectivity index (χ0n) is 23.8. The summed E-state index contributed by atoms with van der Waals surface area (Å²) in [6.45, 7) is 0. The van der Waals surface area contributed by atoms with Crippen LogP contribution in [0.25, 0.3) is 0 Å². The summed E-state index contributed by atoms with van der Waals surface area (Å²) in [5.74, 6) is 0. The van der Waals surface area contributed by atoms with Crippen LogP contribution in [0, 0.1) is 0 Å². The van der Waals surface area contributed by atoms with E-state index in [1.165, 1.54) is 154 Å². The van der Waals surface area contributed by atoms with Gasteiger partial charge in [0.15, 0.2) is 0 Å². The summed E-state index contributed by atoms with van der Waals surface area (Å²) in [4.78, 5) is 21.3. The van der Waals surface area contributed by atoms with Gasteiger partial charge in [0, 0.05) is 12.8 Å². The summed E-state index contributed by atoms with van der Waals surface area (Å²) in [5, 5.41) is -0.365. The van der Waals surface area contributed by atoms with Crippen LogP contribution in [0.4, 0.5) is 0 Å². The molecular formula is C32H60Cl2O2. The van der Waals surface area contributed by atoms with Crippen molar-refractivity contribution in [1.29, 1.82) is 0 Å². The first kappa shape index (κ1) is 35.9. The van der Waals surface area contributed by atoms with Crippen LogP contribution < -0.4 is 0 Å². The number of unbranched alkanes of at least 4 members (excludes halogenated alkanes) is 27. The monoisotopic (exact) mass is 546 g/mol. The van der Waals surface area contributed by atoms with Crippen molar-refractivity contribution in [3.05, 3.63) is 0 Å². The van der Waals surface area contributed by atoms with E-state index in [-0.39, 0.29) is 10.5 Å². The molecule has 0 heterocycles. The smallest absolute Gasteiger partial charge is 0.221 e. The lowest BCUT2D eigenvalue weighted by Gasteiger charge is -2.04. The molecule has 0 fully saturated rings. The lowest BCUT2D eigenvalue weighted by atomic mass is 10.0. The van der Waals surface area contributed by atoms with Gasteiger partial charge in [-0.2, -0.15) is 0 Å². The Hall–Kier alpha value is -0.0800. The molecule has 36 heavy (non-hydrogen) atoms. The van der Waals surface area contributed by atoms with Crippen LogP contribution in [-0.2, 0) is 9.59 Å². The molecule has 0 spiro atoms. The molecule has 0 aliphatic heterocycles. The third kappa shape index (κ3) is 33.9. The van der Waals surface area contributed by atoms with E-state index in [4.69, 9.17) is 23.2 Å². The Labute approximate surface area is 235 Å². The molecule has 0 saturated heterocycles. The van der Waals surface area contributed by atoms with E-state index in [9.17, 15) is 9.59 Å². The number of carbonyl (C=O) groups excluding carboxylic acids is 2. The molecule has 0 aromatic carbocycles. The predicted octanol–water partition coefficient (Wildman–Crippen LogP) is 12.2. The maximum absolute atomic E-state index is 10.7. The van der Waals surface area contributed by atoms with Gasteiger partial charge < -0.3 is 0 Å². The minimum absolute atomic E-state index is 0.183. The van der Waals surface area contributed by atoms with E-state index in [2.05, 4.69) is 0 Å². The molecule has 0 unspecified atom stereocenters. The topological polar surface area (TPSA) is 34.1 Å². The molecule has 214 valence electrons.